The molecular weight excluding hydrogens is 404 g/mol. The number of benzene rings is 1. The molecule has 1 atom stereocenters. The summed E-state index contributed by atoms with van der Waals surface area (Å²) in [6.45, 7) is 3.16. The van der Waals surface area contributed by atoms with E-state index < -0.39 is 0 Å². The van der Waals surface area contributed by atoms with Crippen LogP contribution in [0.3, 0.4) is 0 Å². The minimum atomic E-state index is -0.155. The lowest BCUT2D eigenvalue weighted by Gasteiger charge is -2.12. The highest BCUT2D eigenvalue weighted by Gasteiger charge is 2.02. The van der Waals surface area contributed by atoms with Gasteiger partial charge in [0.15, 0.2) is 5.96 Å². The summed E-state index contributed by atoms with van der Waals surface area (Å²) in [5.41, 5.74) is 6.46. The molecular formula is C14H23FIN3OS. The fraction of sp³-hybridized carbons (Fsp3) is 0.500. The highest BCUT2D eigenvalue weighted by molar-refractivity contribution is 14.0. The van der Waals surface area contributed by atoms with Gasteiger partial charge in [0.05, 0.1) is 13.2 Å². The Bertz CT molecular complexity index is 434. The average Bonchev–Trinajstić information content (AvgIpc) is 2.40. The molecule has 1 aromatic carbocycles. The molecule has 1 rings (SSSR count). The van der Waals surface area contributed by atoms with Gasteiger partial charge in [-0.15, -0.1) is 24.0 Å². The number of hydrogen-bond acceptors (Lipinski definition) is 3. The molecule has 21 heavy (non-hydrogen) atoms. The Kier molecular flexibility index (Phi) is 11.7. The first kappa shape index (κ1) is 20.5. The smallest absolute Gasteiger partial charge is 0.188 e. The van der Waals surface area contributed by atoms with Gasteiger partial charge < -0.3 is 15.8 Å². The topological polar surface area (TPSA) is 59.6 Å². The van der Waals surface area contributed by atoms with E-state index in [0.717, 1.165) is 11.3 Å². The second-order valence-electron chi connectivity index (χ2n) is 4.41. The van der Waals surface area contributed by atoms with Gasteiger partial charge in [0.25, 0.3) is 0 Å². The van der Waals surface area contributed by atoms with E-state index in [4.69, 9.17) is 10.5 Å². The van der Waals surface area contributed by atoms with Crippen molar-refractivity contribution in [1.82, 2.24) is 5.32 Å². The summed E-state index contributed by atoms with van der Waals surface area (Å²) >= 11 is 1.64. The molecule has 1 aromatic rings. The standard InChI is InChI=1S/C14H22FN3OS.HI/c1-11(9-19-2)18-14(16)17-7-8-20-10-12-5-3-4-6-13(12)15;/h3-6,11H,7-10H2,1-2H3,(H3,16,17,18);1H. The average molecular weight is 427 g/mol. The molecule has 0 bridgehead atoms. The van der Waals surface area contributed by atoms with Crippen molar-refractivity contribution in [1.29, 1.82) is 0 Å². The zero-order valence-electron chi connectivity index (χ0n) is 12.3. The number of nitrogens with two attached hydrogens (primary N) is 1. The third-order valence-corrected chi connectivity index (χ3v) is 3.53. The van der Waals surface area contributed by atoms with Crippen LogP contribution in [0.15, 0.2) is 29.3 Å². The van der Waals surface area contributed by atoms with Gasteiger partial charge in [0, 0.05) is 24.7 Å². The van der Waals surface area contributed by atoms with Crippen molar-refractivity contribution in [2.24, 2.45) is 10.7 Å². The fourth-order valence-corrected chi connectivity index (χ4v) is 2.44. The number of methoxy groups -OCH3 is 1. The molecule has 0 fully saturated rings. The van der Waals surface area contributed by atoms with Crippen molar-refractivity contribution < 1.29 is 9.13 Å². The van der Waals surface area contributed by atoms with E-state index in [1.165, 1.54) is 6.07 Å². The van der Waals surface area contributed by atoms with Gasteiger partial charge in [-0.3, -0.25) is 4.99 Å². The predicted octanol–water partition coefficient (Wildman–Crippen LogP) is 2.62. The number of aliphatic imine (C=N–C) groups is 1. The summed E-state index contributed by atoms with van der Waals surface area (Å²) in [5, 5.41) is 3.03. The van der Waals surface area contributed by atoms with E-state index in [2.05, 4.69) is 10.3 Å². The first-order chi connectivity index (χ1) is 9.63. The molecule has 0 aromatic heterocycles. The summed E-state index contributed by atoms with van der Waals surface area (Å²) in [6.07, 6.45) is 0. The zero-order chi connectivity index (χ0) is 14.8. The van der Waals surface area contributed by atoms with Crippen molar-refractivity contribution in [2.75, 3.05) is 26.0 Å². The molecule has 0 saturated heterocycles. The van der Waals surface area contributed by atoms with Crippen LogP contribution in [0.25, 0.3) is 0 Å². The van der Waals surface area contributed by atoms with Gasteiger partial charge in [-0.2, -0.15) is 11.8 Å². The Labute approximate surface area is 147 Å². The van der Waals surface area contributed by atoms with Crippen LogP contribution in [0.1, 0.15) is 12.5 Å². The number of rotatable bonds is 8. The minimum absolute atomic E-state index is 0. The summed E-state index contributed by atoms with van der Waals surface area (Å²) in [6, 6.07) is 6.95. The number of thioether (sulfide) groups is 1. The van der Waals surface area contributed by atoms with Gasteiger partial charge in [0.1, 0.15) is 5.82 Å². The number of hydrogen-bond donors (Lipinski definition) is 2. The third-order valence-electron chi connectivity index (χ3n) is 2.54. The first-order valence-corrected chi connectivity index (χ1v) is 7.65. The molecule has 0 saturated carbocycles. The number of nitrogens with one attached hydrogen (secondary N) is 1. The summed E-state index contributed by atoms with van der Waals surface area (Å²) in [5.74, 6) is 1.71. The summed E-state index contributed by atoms with van der Waals surface area (Å²) in [4.78, 5) is 4.21. The van der Waals surface area contributed by atoms with E-state index >= 15 is 0 Å². The molecule has 3 N–H and O–H groups in total. The van der Waals surface area contributed by atoms with Crippen LogP contribution in [-0.2, 0) is 10.5 Å². The maximum absolute atomic E-state index is 13.4. The molecule has 0 aliphatic carbocycles. The number of nitrogens with zero attached hydrogens (tertiary/aromatic N) is 1. The number of ether oxygens (including phenoxy) is 1. The van der Waals surface area contributed by atoms with Crippen molar-refractivity contribution in [3.8, 4) is 0 Å². The molecule has 0 amide bonds. The number of guanidine groups is 1. The van der Waals surface area contributed by atoms with E-state index in [0.29, 0.717) is 24.9 Å². The lowest BCUT2D eigenvalue weighted by Crippen LogP contribution is -2.40. The van der Waals surface area contributed by atoms with Gasteiger partial charge in [-0.05, 0) is 18.6 Å². The highest BCUT2D eigenvalue weighted by atomic mass is 127. The largest absolute Gasteiger partial charge is 0.383 e. The van der Waals surface area contributed by atoms with Crippen molar-refractivity contribution in [2.45, 2.75) is 18.7 Å². The van der Waals surface area contributed by atoms with E-state index in [1.54, 1.807) is 31.0 Å². The molecule has 120 valence electrons. The van der Waals surface area contributed by atoms with Crippen LogP contribution in [-0.4, -0.2) is 38.0 Å². The Morgan fingerprint density at radius 1 is 1.48 bits per heavy atom. The maximum atomic E-state index is 13.4. The first-order valence-electron chi connectivity index (χ1n) is 6.50. The van der Waals surface area contributed by atoms with Crippen LogP contribution >= 0.6 is 35.7 Å². The van der Waals surface area contributed by atoms with Crippen molar-refractivity contribution >= 4 is 41.7 Å². The lowest BCUT2D eigenvalue weighted by atomic mass is 10.2. The van der Waals surface area contributed by atoms with Gasteiger partial charge in [0.2, 0.25) is 0 Å². The minimum Gasteiger partial charge on any atom is -0.383 e. The Hall–Kier alpha value is -0.540. The summed E-state index contributed by atoms with van der Waals surface area (Å²) in [7, 11) is 1.64. The normalized spacial score (nSPS) is 12.6. The SMILES string of the molecule is COCC(C)NC(N)=NCCSCc1ccccc1F.I. The van der Waals surface area contributed by atoms with Crippen LogP contribution in [0, 0.1) is 5.82 Å². The molecule has 4 nitrogen and oxygen atoms in total. The Morgan fingerprint density at radius 3 is 2.86 bits per heavy atom. The fourth-order valence-electron chi connectivity index (χ4n) is 1.62. The molecule has 0 heterocycles. The van der Waals surface area contributed by atoms with Crippen LogP contribution in [0.4, 0.5) is 4.39 Å². The van der Waals surface area contributed by atoms with Crippen LogP contribution < -0.4 is 11.1 Å². The molecule has 1 unspecified atom stereocenters. The van der Waals surface area contributed by atoms with Gasteiger partial charge in [-0.1, -0.05) is 18.2 Å². The zero-order valence-corrected chi connectivity index (χ0v) is 15.5. The number of halogens is 2. The molecule has 0 aliphatic heterocycles. The molecule has 0 aliphatic rings. The van der Waals surface area contributed by atoms with E-state index in [1.807, 2.05) is 13.0 Å². The predicted molar refractivity (Wildman–Crippen MR) is 98.9 cm³/mol. The summed E-state index contributed by atoms with van der Waals surface area (Å²) < 4.78 is 18.4. The van der Waals surface area contributed by atoms with Crippen molar-refractivity contribution in [3.05, 3.63) is 35.6 Å². The van der Waals surface area contributed by atoms with Crippen molar-refractivity contribution in [3.63, 3.8) is 0 Å². The van der Waals surface area contributed by atoms with Gasteiger partial charge in [-0.25, -0.2) is 4.39 Å². The second kappa shape index (κ2) is 12.0. The monoisotopic (exact) mass is 427 g/mol. The Balaban J connectivity index is 0.00000400. The molecule has 0 radical (unpaired) electrons. The molecule has 7 heteroatoms. The Morgan fingerprint density at radius 2 is 2.19 bits per heavy atom. The second-order valence-corrected chi connectivity index (χ2v) is 5.52. The van der Waals surface area contributed by atoms with Crippen LogP contribution in [0.5, 0.6) is 0 Å². The highest BCUT2D eigenvalue weighted by Crippen LogP contribution is 2.14. The quantitative estimate of drug-likeness (QED) is 0.290. The maximum Gasteiger partial charge on any atom is 0.188 e. The molecule has 0 spiro atoms. The third kappa shape index (κ3) is 9.15. The van der Waals surface area contributed by atoms with E-state index in [9.17, 15) is 4.39 Å². The van der Waals surface area contributed by atoms with Gasteiger partial charge >= 0.3 is 0 Å². The van der Waals surface area contributed by atoms with Crippen LogP contribution in [0.2, 0.25) is 0 Å². The van der Waals surface area contributed by atoms with E-state index in [-0.39, 0.29) is 35.8 Å². The lowest BCUT2D eigenvalue weighted by molar-refractivity contribution is 0.179.